The van der Waals surface area contributed by atoms with Crippen molar-refractivity contribution in [1.29, 1.82) is 0 Å². The number of methoxy groups -OCH3 is 1. The van der Waals surface area contributed by atoms with Crippen LogP contribution in [0.1, 0.15) is 42.7 Å². The summed E-state index contributed by atoms with van der Waals surface area (Å²) in [6, 6.07) is 7.24. The van der Waals surface area contributed by atoms with Crippen LogP contribution in [0.3, 0.4) is 0 Å². The number of hydrogen-bond donors (Lipinski definition) is 9. The number of aliphatic hydroxyl groups excluding tert-OH is 7. The standard InChI is InChI=1S/C32H42O15/c1-13(2)4-9-16-17(34)10-19(42-3)21-29(16)46-28(14-5-7-15(33)8-6-14)27(41)30(21)47-32-26(40)24(38)23(37)20(45-32)12-44-31-25(39)22(36)18(35)11-43-31/h4-8,10,18,20,22-28,30-41H,9,11-12H2,1-3H3/t18-,20?,22?,23-,24?,25?,26?,27-,28-,30+,31+,32+/m1/s1. The van der Waals surface area contributed by atoms with Crippen molar-refractivity contribution in [1.82, 2.24) is 0 Å². The molecular weight excluding hydrogens is 624 g/mol. The summed E-state index contributed by atoms with van der Waals surface area (Å²) in [5.41, 5.74) is 1.94. The lowest BCUT2D eigenvalue weighted by molar-refractivity contribution is -0.335. The molecule has 0 bridgehead atoms. The lowest BCUT2D eigenvalue weighted by Gasteiger charge is -2.44. The molecule has 0 amide bonds. The molecule has 15 nitrogen and oxygen atoms in total. The molecule has 15 heteroatoms. The second-order valence-corrected chi connectivity index (χ2v) is 12.1. The van der Waals surface area contributed by atoms with Crippen molar-refractivity contribution in [3.05, 3.63) is 58.7 Å². The monoisotopic (exact) mass is 666 g/mol. The summed E-state index contributed by atoms with van der Waals surface area (Å²) in [5, 5.41) is 94.9. The maximum absolute atomic E-state index is 11.7. The van der Waals surface area contributed by atoms with E-state index in [-0.39, 0.29) is 41.6 Å². The first-order valence-corrected chi connectivity index (χ1v) is 15.1. The van der Waals surface area contributed by atoms with Crippen LogP contribution in [0.15, 0.2) is 42.0 Å². The first-order chi connectivity index (χ1) is 22.3. The zero-order valence-electron chi connectivity index (χ0n) is 26.0. The fraction of sp³-hybridized carbons (Fsp3) is 0.562. The third-order valence-electron chi connectivity index (χ3n) is 8.50. The summed E-state index contributed by atoms with van der Waals surface area (Å²) >= 11 is 0. The normalized spacial score (nSPS) is 35.4. The van der Waals surface area contributed by atoms with Gasteiger partial charge in [-0.15, -0.1) is 0 Å². The lowest BCUT2D eigenvalue weighted by atomic mass is 9.88. The Labute approximate surface area is 270 Å². The van der Waals surface area contributed by atoms with Gasteiger partial charge in [0.05, 0.1) is 25.9 Å². The van der Waals surface area contributed by atoms with Crippen molar-refractivity contribution in [2.24, 2.45) is 0 Å². The Balaban J connectivity index is 1.48. The zero-order chi connectivity index (χ0) is 34.2. The van der Waals surface area contributed by atoms with E-state index in [1.165, 1.54) is 37.4 Å². The first-order valence-electron chi connectivity index (χ1n) is 15.1. The van der Waals surface area contributed by atoms with E-state index in [4.69, 9.17) is 28.4 Å². The van der Waals surface area contributed by atoms with Gasteiger partial charge < -0.3 is 74.4 Å². The van der Waals surface area contributed by atoms with E-state index in [2.05, 4.69) is 0 Å². The highest BCUT2D eigenvalue weighted by Crippen LogP contribution is 2.52. The number of aliphatic hydroxyl groups is 7. The molecule has 3 aliphatic rings. The fourth-order valence-electron chi connectivity index (χ4n) is 5.79. The molecule has 5 unspecified atom stereocenters. The second kappa shape index (κ2) is 14.6. The molecule has 0 radical (unpaired) electrons. The van der Waals surface area contributed by atoms with E-state index in [9.17, 15) is 46.0 Å². The van der Waals surface area contributed by atoms with Gasteiger partial charge in [-0.25, -0.2) is 0 Å². The van der Waals surface area contributed by atoms with Crippen LogP contribution in [0.2, 0.25) is 0 Å². The van der Waals surface area contributed by atoms with Crippen LogP contribution >= 0.6 is 0 Å². The van der Waals surface area contributed by atoms with E-state index >= 15 is 0 Å². The zero-order valence-corrected chi connectivity index (χ0v) is 26.0. The average molecular weight is 667 g/mol. The highest BCUT2D eigenvalue weighted by atomic mass is 16.7. The predicted octanol–water partition coefficient (Wildman–Crippen LogP) is -0.569. The van der Waals surface area contributed by atoms with Crippen LogP contribution in [0.25, 0.3) is 0 Å². The minimum absolute atomic E-state index is 0.0211. The molecule has 0 spiro atoms. The Morgan fingerprint density at radius 1 is 0.872 bits per heavy atom. The second-order valence-electron chi connectivity index (χ2n) is 12.1. The van der Waals surface area contributed by atoms with Gasteiger partial charge in [0.25, 0.3) is 0 Å². The van der Waals surface area contributed by atoms with Crippen molar-refractivity contribution >= 4 is 0 Å². The smallest absolute Gasteiger partial charge is 0.187 e. The molecule has 0 aromatic heterocycles. The molecule has 2 aromatic rings. The van der Waals surface area contributed by atoms with Crippen molar-refractivity contribution in [2.75, 3.05) is 20.3 Å². The number of phenols is 2. The Hall–Kier alpha value is -3.06. The molecule has 9 N–H and O–H groups in total. The summed E-state index contributed by atoms with van der Waals surface area (Å²) in [4.78, 5) is 0. The molecule has 5 rings (SSSR count). The summed E-state index contributed by atoms with van der Waals surface area (Å²) < 4.78 is 34.6. The Bertz CT molecular complexity index is 1400. The number of ether oxygens (including phenoxy) is 6. The Kier molecular flexibility index (Phi) is 10.9. The Morgan fingerprint density at radius 3 is 2.21 bits per heavy atom. The minimum Gasteiger partial charge on any atom is -0.508 e. The summed E-state index contributed by atoms with van der Waals surface area (Å²) in [7, 11) is 1.34. The van der Waals surface area contributed by atoms with Crippen LogP contribution in [0.5, 0.6) is 23.0 Å². The Morgan fingerprint density at radius 2 is 1.55 bits per heavy atom. The van der Waals surface area contributed by atoms with Crippen LogP contribution in [0, 0.1) is 0 Å². The van der Waals surface area contributed by atoms with E-state index < -0.39 is 80.2 Å². The summed E-state index contributed by atoms with van der Waals surface area (Å²) in [6.45, 7) is 2.93. The molecule has 3 aliphatic heterocycles. The molecule has 0 saturated carbocycles. The first kappa shape index (κ1) is 35.3. The van der Waals surface area contributed by atoms with Gasteiger partial charge in [-0.1, -0.05) is 23.8 Å². The molecule has 2 saturated heterocycles. The maximum Gasteiger partial charge on any atom is 0.187 e. The molecule has 0 aliphatic carbocycles. The minimum atomic E-state index is -1.83. The van der Waals surface area contributed by atoms with Crippen molar-refractivity contribution in [2.45, 2.75) is 93.9 Å². The third kappa shape index (κ3) is 7.21. The lowest BCUT2D eigenvalue weighted by Crippen LogP contribution is -2.61. The van der Waals surface area contributed by atoms with E-state index in [1.54, 1.807) is 0 Å². The van der Waals surface area contributed by atoms with Gasteiger partial charge in [0.15, 0.2) is 18.7 Å². The van der Waals surface area contributed by atoms with Crippen molar-refractivity contribution in [3.63, 3.8) is 0 Å². The van der Waals surface area contributed by atoms with Crippen LogP contribution in [-0.2, 0) is 25.4 Å². The van der Waals surface area contributed by atoms with Gasteiger partial charge in [0.2, 0.25) is 0 Å². The summed E-state index contributed by atoms with van der Waals surface area (Å²) in [6.07, 6.45) is -16.2. The quantitative estimate of drug-likeness (QED) is 0.152. The molecule has 3 heterocycles. The van der Waals surface area contributed by atoms with Crippen molar-refractivity contribution in [3.8, 4) is 23.0 Å². The number of phenolic OH excluding ortho intramolecular Hbond substituents is 2. The van der Waals surface area contributed by atoms with Gasteiger partial charge in [0, 0.05) is 11.6 Å². The van der Waals surface area contributed by atoms with Crippen LogP contribution in [0.4, 0.5) is 0 Å². The molecule has 47 heavy (non-hydrogen) atoms. The SMILES string of the molecule is COc1cc(O)c(CC=C(C)C)c2c1[C@H](O[C@@H]1OC(CO[C@@H]3OC[C@@H](O)C(O)C3O)[C@@H](O)C(O)C1O)[C@H](O)[C@@H](c1ccc(O)cc1)O2. The number of aromatic hydroxyl groups is 2. The predicted molar refractivity (Wildman–Crippen MR) is 159 cm³/mol. The van der Waals surface area contributed by atoms with Crippen LogP contribution < -0.4 is 9.47 Å². The van der Waals surface area contributed by atoms with Gasteiger partial charge in [-0.2, -0.15) is 0 Å². The highest BCUT2D eigenvalue weighted by molar-refractivity contribution is 5.60. The molecule has 12 atom stereocenters. The topological polar surface area (TPSA) is 237 Å². The van der Waals surface area contributed by atoms with Crippen LogP contribution in [-0.4, -0.2) is 128 Å². The summed E-state index contributed by atoms with van der Waals surface area (Å²) in [5.74, 6) is 0.0589. The fourth-order valence-corrected chi connectivity index (χ4v) is 5.79. The molecule has 2 aromatic carbocycles. The molecular formula is C32H42O15. The number of hydrogen-bond acceptors (Lipinski definition) is 15. The number of fused-ring (bicyclic) bond motifs is 1. The molecule has 260 valence electrons. The van der Waals surface area contributed by atoms with Gasteiger partial charge in [-0.05, 0) is 38.0 Å². The van der Waals surface area contributed by atoms with Gasteiger partial charge in [0.1, 0.15) is 77.9 Å². The van der Waals surface area contributed by atoms with E-state index in [0.29, 0.717) is 11.1 Å². The van der Waals surface area contributed by atoms with Gasteiger partial charge in [-0.3, -0.25) is 0 Å². The third-order valence-corrected chi connectivity index (χ3v) is 8.50. The highest BCUT2D eigenvalue weighted by Gasteiger charge is 2.50. The van der Waals surface area contributed by atoms with Crippen molar-refractivity contribution < 1.29 is 74.4 Å². The maximum atomic E-state index is 11.7. The van der Waals surface area contributed by atoms with Gasteiger partial charge >= 0.3 is 0 Å². The van der Waals surface area contributed by atoms with E-state index in [0.717, 1.165) is 5.57 Å². The molecule has 2 fully saturated rings. The number of benzene rings is 2. The number of allylic oxidation sites excluding steroid dienone is 2. The van der Waals surface area contributed by atoms with E-state index in [1.807, 2.05) is 19.9 Å². The largest absolute Gasteiger partial charge is 0.508 e. The average Bonchev–Trinajstić information content (AvgIpc) is 3.04. The number of rotatable bonds is 9.